The first-order valence-corrected chi connectivity index (χ1v) is 8.54. The van der Waals surface area contributed by atoms with Crippen molar-refractivity contribution in [1.82, 2.24) is 0 Å². The number of carbonyl (C=O) groups excluding carboxylic acids is 3. The molecule has 1 aliphatic heterocycles. The van der Waals surface area contributed by atoms with Gasteiger partial charge in [0.2, 0.25) is 11.8 Å². The Kier molecular flexibility index (Phi) is 5.31. The van der Waals surface area contributed by atoms with Gasteiger partial charge in [0.15, 0.2) is 0 Å². The predicted octanol–water partition coefficient (Wildman–Crippen LogP) is 2.78. The minimum Gasteiger partial charge on any atom is -0.462 e. The van der Waals surface area contributed by atoms with E-state index in [2.05, 4.69) is 5.32 Å². The van der Waals surface area contributed by atoms with Gasteiger partial charge in [0, 0.05) is 17.9 Å². The number of amides is 2. The molecule has 0 saturated carbocycles. The quantitative estimate of drug-likeness (QED) is 0.663. The normalized spacial score (nSPS) is 12.4. The molecule has 2 amide bonds. The summed E-state index contributed by atoms with van der Waals surface area (Å²) in [5.41, 5.74) is 2.94. The van der Waals surface area contributed by atoms with E-state index in [9.17, 15) is 14.4 Å². The van der Waals surface area contributed by atoms with Gasteiger partial charge in [-0.15, -0.1) is 0 Å². The van der Waals surface area contributed by atoms with Crippen molar-refractivity contribution in [2.75, 3.05) is 23.4 Å². The molecule has 0 unspecified atom stereocenters. The number of hydrogen-bond acceptors (Lipinski definition) is 4. The van der Waals surface area contributed by atoms with Gasteiger partial charge in [-0.1, -0.05) is 18.2 Å². The molecule has 0 spiro atoms. The molecule has 0 saturated heterocycles. The van der Waals surface area contributed by atoms with Crippen LogP contribution in [-0.2, 0) is 20.7 Å². The van der Waals surface area contributed by atoms with Gasteiger partial charge in [0.05, 0.1) is 12.2 Å². The lowest BCUT2D eigenvalue weighted by atomic mass is 10.2. The maximum Gasteiger partial charge on any atom is 0.338 e. The van der Waals surface area contributed by atoms with E-state index in [1.54, 1.807) is 36.1 Å². The number of para-hydroxylation sites is 1. The van der Waals surface area contributed by atoms with Gasteiger partial charge in [-0.25, -0.2) is 4.79 Å². The molecule has 2 aromatic rings. The van der Waals surface area contributed by atoms with E-state index in [4.69, 9.17) is 4.74 Å². The number of benzene rings is 2. The van der Waals surface area contributed by atoms with Crippen molar-refractivity contribution in [3.8, 4) is 0 Å². The average molecular weight is 352 g/mol. The third-order valence-electron chi connectivity index (χ3n) is 4.18. The van der Waals surface area contributed by atoms with Gasteiger partial charge < -0.3 is 15.0 Å². The minimum absolute atomic E-state index is 0.226. The van der Waals surface area contributed by atoms with Crippen LogP contribution in [0.4, 0.5) is 11.4 Å². The number of rotatable bonds is 5. The Bertz CT molecular complexity index is 830. The van der Waals surface area contributed by atoms with Gasteiger partial charge in [-0.2, -0.15) is 0 Å². The van der Waals surface area contributed by atoms with Crippen LogP contribution in [0.5, 0.6) is 0 Å². The van der Waals surface area contributed by atoms with Crippen molar-refractivity contribution >= 4 is 29.2 Å². The second-order valence-corrected chi connectivity index (χ2v) is 5.95. The summed E-state index contributed by atoms with van der Waals surface area (Å²) in [5.74, 6) is -1.02. The van der Waals surface area contributed by atoms with E-state index in [0.717, 1.165) is 17.7 Å². The monoisotopic (exact) mass is 352 g/mol. The van der Waals surface area contributed by atoms with Crippen LogP contribution in [0.25, 0.3) is 0 Å². The SMILES string of the molecule is CCOC(=O)c1ccc(NC(=O)CC(=O)N2CCc3ccccc32)cc1. The summed E-state index contributed by atoms with van der Waals surface area (Å²) in [7, 11) is 0. The van der Waals surface area contributed by atoms with Gasteiger partial charge >= 0.3 is 5.97 Å². The largest absolute Gasteiger partial charge is 0.462 e. The third-order valence-corrected chi connectivity index (χ3v) is 4.18. The zero-order chi connectivity index (χ0) is 18.5. The first-order chi connectivity index (χ1) is 12.6. The smallest absolute Gasteiger partial charge is 0.338 e. The van der Waals surface area contributed by atoms with Crippen LogP contribution in [-0.4, -0.2) is 30.9 Å². The number of anilines is 2. The first kappa shape index (κ1) is 17.7. The number of carbonyl (C=O) groups is 3. The molecule has 1 aliphatic rings. The molecule has 26 heavy (non-hydrogen) atoms. The van der Waals surface area contributed by atoms with Crippen LogP contribution in [0.15, 0.2) is 48.5 Å². The molecule has 134 valence electrons. The Morgan fingerprint density at radius 2 is 1.81 bits per heavy atom. The van der Waals surface area contributed by atoms with Gasteiger partial charge in [0.25, 0.3) is 0 Å². The van der Waals surface area contributed by atoms with Crippen LogP contribution in [0.2, 0.25) is 0 Å². The summed E-state index contributed by atoms with van der Waals surface area (Å²) in [6, 6.07) is 14.1. The lowest BCUT2D eigenvalue weighted by Crippen LogP contribution is -2.32. The van der Waals surface area contributed by atoms with Crippen LogP contribution in [0.1, 0.15) is 29.3 Å². The molecule has 2 aromatic carbocycles. The number of hydrogen-bond donors (Lipinski definition) is 1. The molecule has 0 atom stereocenters. The standard InChI is InChI=1S/C20H20N2O4/c1-2-26-20(25)15-7-9-16(10-8-15)21-18(23)13-19(24)22-12-11-14-5-3-4-6-17(14)22/h3-10H,2,11-13H2,1H3,(H,21,23). The summed E-state index contributed by atoms with van der Waals surface area (Å²) in [6.45, 7) is 2.64. The highest BCUT2D eigenvalue weighted by Gasteiger charge is 2.25. The number of nitrogens with zero attached hydrogens (tertiary/aromatic N) is 1. The molecule has 6 nitrogen and oxygen atoms in total. The van der Waals surface area contributed by atoms with Gasteiger partial charge in [0.1, 0.15) is 6.42 Å². The highest BCUT2D eigenvalue weighted by molar-refractivity contribution is 6.09. The molecule has 6 heteroatoms. The number of nitrogens with one attached hydrogen (secondary N) is 1. The predicted molar refractivity (Wildman–Crippen MR) is 98.1 cm³/mol. The van der Waals surface area contributed by atoms with Gasteiger partial charge in [-0.05, 0) is 49.2 Å². The van der Waals surface area contributed by atoms with E-state index >= 15 is 0 Å². The van der Waals surface area contributed by atoms with Crippen molar-refractivity contribution in [2.24, 2.45) is 0 Å². The topological polar surface area (TPSA) is 75.7 Å². The van der Waals surface area contributed by atoms with Crippen molar-refractivity contribution in [3.05, 3.63) is 59.7 Å². The second kappa shape index (κ2) is 7.82. The Hall–Kier alpha value is -3.15. The van der Waals surface area contributed by atoms with Crippen LogP contribution in [0, 0.1) is 0 Å². The maximum absolute atomic E-state index is 12.4. The molecule has 0 aliphatic carbocycles. The molecule has 1 N–H and O–H groups in total. The van der Waals surface area contributed by atoms with Crippen molar-refractivity contribution in [1.29, 1.82) is 0 Å². The number of fused-ring (bicyclic) bond motifs is 1. The van der Waals surface area contributed by atoms with Crippen molar-refractivity contribution in [3.63, 3.8) is 0 Å². The molecule has 3 rings (SSSR count). The molecule has 0 bridgehead atoms. The fraction of sp³-hybridized carbons (Fsp3) is 0.250. The Morgan fingerprint density at radius 1 is 1.08 bits per heavy atom. The number of ether oxygens (including phenoxy) is 1. The van der Waals surface area contributed by atoms with Gasteiger partial charge in [-0.3, -0.25) is 9.59 Å². The lowest BCUT2D eigenvalue weighted by Gasteiger charge is -2.17. The van der Waals surface area contributed by atoms with E-state index in [-0.39, 0.29) is 18.2 Å². The summed E-state index contributed by atoms with van der Waals surface area (Å²) in [6.07, 6.45) is 0.576. The Labute approximate surface area is 151 Å². The highest BCUT2D eigenvalue weighted by Crippen LogP contribution is 2.27. The molecule has 1 heterocycles. The van der Waals surface area contributed by atoms with Crippen LogP contribution in [0.3, 0.4) is 0 Å². The fourth-order valence-corrected chi connectivity index (χ4v) is 2.94. The van der Waals surface area contributed by atoms with Crippen LogP contribution >= 0.6 is 0 Å². The van der Waals surface area contributed by atoms with Crippen molar-refractivity contribution < 1.29 is 19.1 Å². The minimum atomic E-state index is -0.409. The average Bonchev–Trinajstić information content (AvgIpc) is 3.06. The molecule has 0 aromatic heterocycles. The maximum atomic E-state index is 12.4. The van der Waals surface area contributed by atoms with E-state index in [1.807, 2.05) is 24.3 Å². The zero-order valence-corrected chi connectivity index (χ0v) is 14.5. The Morgan fingerprint density at radius 3 is 2.54 bits per heavy atom. The fourth-order valence-electron chi connectivity index (χ4n) is 2.94. The number of esters is 1. The molecular weight excluding hydrogens is 332 g/mol. The molecular formula is C20H20N2O4. The summed E-state index contributed by atoms with van der Waals surface area (Å²) in [4.78, 5) is 37.9. The molecule has 0 radical (unpaired) electrons. The second-order valence-electron chi connectivity index (χ2n) is 5.95. The lowest BCUT2D eigenvalue weighted by molar-refractivity contribution is -0.125. The summed E-state index contributed by atoms with van der Waals surface area (Å²) in [5, 5.41) is 2.68. The highest BCUT2D eigenvalue weighted by atomic mass is 16.5. The third kappa shape index (κ3) is 3.91. The summed E-state index contributed by atoms with van der Waals surface area (Å²) < 4.78 is 4.91. The van der Waals surface area contributed by atoms with E-state index in [1.165, 1.54) is 0 Å². The molecule has 0 fully saturated rings. The Balaban J connectivity index is 1.57. The van der Waals surface area contributed by atoms with Crippen LogP contribution < -0.4 is 10.2 Å². The van der Waals surface area contributed by atoms with Crippen molar-refractivity contribution in [2.45, 2.75) is 19.8 Å². The summed E-state index contributed by atoms with van der Waals surface area (Å²) >= 11 is 0. The van der Waals surface area contributed by atoms with E-state index in [0.29, 0.717) is 24.4 Å². The van der Waals surface area contributed by atoms with E-state index < -0.39 is 5.97 Å². The zero-order valence-electron chi connectivity index (χ0n) is 14.5. The first-order valence-electron chi connectivity index (χ1n) is 8.54.